The lowest BCUT2D eigenvalue weighted by molar-refractivity contribution is -0.140. The highest BCUT2D eigenvalue weighted by molar-refractivity contribution is 5.87. The Bertz CT molecular complexity index is 2560. The van der Waals surface area contributed by atoms with Gasteiger partial charge in [-0.2, -0.15) is 0 Å². The normalized spacial score (nSPS) is 18.0. The van der Waals surface area contributed by atoms with Crippen molar-refractivity contribution in [3.63, 3.8) is 0 Å². The smallest absolute Gasteiger partial charge is 0.335 e. The first-order valence-corrected chi connectivity index (χ1v) is 27.8. The number of hydrogen-bond acceptors (Lipinski definition) is 13. The van der Waals surface area contributed by atoms with Gasteiger partial charge in [-0.25, -0.2) is 9.59 Å². The summed E-state index contributed by atoms with van der Waals surface area (Å²) in [5, 5.41) is 0. The number of aliphatic imine (C=N–C) groups is 2. The molecular formula is C66H86N2O11. The van der Waals surface area contributed by atoms with E-state index in [4.69, 9.17) is 33.4 Å². The molecule has 0 aliphatic heterocycles. The Kier molecular flexibility index (Phi) is 31.2. The van der Waals surface area contributed by atoms with Crippen molar-refractivity contribution < 1.29 is 52.4 Å². The van der Waals surface area contributed by atoms with Gasteiger partial charge in [-0.05, 0) is 161 Å². The van der Waals surface area contributed by atoms with Gasteiger partial charge in [-0.3, -0.25) is 14.8 Å². The van der Waals surface area contributed by atoms with Crippen molar-refractivity contribution in [2.24, 2.45) is 39.6 Å². The van der Waals surface area contributed by atoms with Crippen molar-refractivity contribution in [1.29, 1.82) is 0 Å². The van der Waals surface area contributed by atoms with E-state index in [1.807, 2.05) is 0 Å². The Morgan fingerprint density at radius 1 is 0.633 bits per heavy atom. The van der Waals surface area contributed by atoms with Gasteiger partial charge in [0.2, 0.25) is 0 Å². The number of allylic oxidation sites excluding steroid dienone is 1. The lowest BCUT2D eigenvalue weighted by Gasteiger charge is -2.26. The second-order valence-corrected chi connectivity index (χ2v) is 19.9. The molecule has 0 heterocycles. The third kappa shape index (κ3) is 24.4. The molecule has 4 aromatic carbocycles. The van der Waals surface area contributed by atoms with Crippen LogP contribution in [-0.2, 0) is 24.0 Å². The molecule has 3 aliphatic carbocycles. The van der Waals surface area contributed by atoms with E-state index in [0.29, 0.717) is 53.4 Å². The molecule has 13 nitrogen and oxygen atoms in total. The first kappa shape index (κ1) is 65.9. The van der Waals surface area contributed by atoms with Crippen molar-refractivity contribution in [1.82, 2.24) is 0 Å². The molecule has 0 radical (unpaired) electrons. The van der Waals surface area contributed by atoms with Gasteiger partial charge in [0.05, 0.1) is 31.6 Å². The van der Waals surface area contributed by atoms with Crippen LogP contribution in [0.2, 0.25) is 0 Å². The average molecular weight is 1080 g/mol. The first-order chi connectivity index (χ1) is 38.1. The Morgan fingerprint density at radius 2 is 1.11 bits per heavy atom. The number of ether oxygens (including phenoxy) is 6. The van der Waals surface area contributed by atoms with E-state index >= 15 is 0 Å². The minimum Gasteiger partial charge on any atom is -0.497 e. The van der Waals surface area contributed by atoms with E-state index < -0.39 is 11.9 Å². The molecular weight excluding hydrogens is 997 g/mol. The average Bonchev–Trinajstić information content (AvgIpc) is 3.46. The molecule has 79 heavy (non-hydrogen) atoms. The zero-order valence-electron chi connectivity index (χ0n) is 48.1. The molecule has 0 N–H and O–H groups in total. The summed E-state index contributed by atoms with van der Waals surface area (Å²) in [7, 11) is 4.83. The lowest BCUT2D eigenvalue weighted by atomic mass is 9.82. The van der Waals surface area contributed by atoms with E-state index in [1.54, 1.807) is 94.2 Å². The molecule has 0 spiro atoms. The number of carbonyl (C=O) groups excluding carboxylic acids is 5. The van der Waals surface area contributed by atoms with Crippen LogP contribution in [-0.4, -0.2) is 63.7 Å². The van der Waals surface area contributed by atoms with Crippen LogP contribution in [0.1, 0.15) is 148 Å². The number of hydrogen-bond donors (Lipinski definition) is 0. The molecule has 3 fully saturated rings. The molecule has 1 unspecified atom stereocenters. The van der Waals surface area contributed by atoms with Crippen molar-refractivity contribution >= 4 is 48.1 Å². The van der Waals surface area contributed by atoms with Crippen molar-refractivity contribution in [3.8, 4) is 34.5 Å². The largest absolute Gasteiger partial charge is 0.497 e. The number of esters is 3. The topological polar surface area (TPSA) is 165 Å². The minimum absolute atomic E-state index is 0.0948. The Balaban J connectivity index is 0.000000274. The van der Waals surface area contributed by atoms with Crippen LogP contribution in [0.5, 0.6) is 34.5 Å². The first-order valence-electron chi connectivity index (χ1n) is 27.8. The molecule has 426 valence electrons. The molecule has 0 aromatic heterocycles. The molecule has 0 saturated heterocycles. The van der Waals surface area contributed by atoms with Crippen LogP contribution in [0.25, 0.3) is 0 Å². The summed E-state index contributed by atoms with van der Waals surface area (Å²) in [6, 6.07) is 27.3. The maximum Gasteiger partial charge on any atom is 0.335 e. The molecule has 0 bridgehead atoms. The fourth-order valence-corrected chi connectivity index (χ4v) is 8.49. The van der Waals surface area contributed by atoms with Crippen LogP contribution in [0.3, 0.4) is 0 Å². The minimum atomic E-state index is -0.495. The molecule has 3 saturated carbocycles. The maximum absolute atomic E-state index is 12.2. The second-order valence-electron chi connectivity index (χ2n) is 19.9. The lowest BCUT2D eigenvalue weighted by Crippen LogP contribution is -2.26. The number of rotatable bonds is 20. The van der Waals surface area contributed by atoms with Gasteiger partial charge in [0.15, 0.2) is 0 Å². The molecule has 2 atom stereocenters. The summed E-state index contributed by atoms with van der Waals surface area (Å²) in [6.07, 6.45) is 22.1. The van der Waals surface area contributed by atoms with Crippen molar-refractivity contribution in [3.05, 3.63) is 140 Å². The fourth-order valence-electron chi connectivity index (χ4n) is 8.49. The number of nitrogens with zero attached hydrogens (tertiary/aromatic N) is 2. The molecule has 4 aromatic rings. The summed E-state index contributed by atoms with van der Waals surface area (Å²) in [5.41, 5.74) is 4.56. The quantitative estimate of drug-likeness (QED) is 0.0206. The highest BCUT2D eigenvalue weighted by atomic mass is 16.5. The van der Waals surface area contributed by atoms with Crippen LogP contribution in [0, 0.1) is 29.6 Å². The van der Waals surface area contributed by atoms with Crippen LogP contribution >= 0.6 is 0 Å². The van der Waals surface area contributed by atoms with E-state index in [1.165, 1.54) is 49.8 Å². The highest BCUT2D eigenvalue weighted by Crippen LogP contribution is 2.34. The predicted octanol–water partition coefficient (Wildman–Crippen LogP) is 15.4. The highest BCUT2D eigenvalue weighted by Gasteiger charge is 2.28. The van der Waals surface area contributed by atoms with E-state index in [-0.39, 0.29) is 29.6 Å². The summed E-state index contributed by atoms with van der Waals surface area (Å²) in [5.74, 6) is 4.59. The van der Waals surface area contributed by atoms with Gasteiger partial charge in [-0.15, -0.1) is 0 Å². The summed E-state index contributed by atoms with van der Waals surface area (Å²) in [4.78, 5) is 64.4. The molecule has 3 aliphatic rings. The van der Waals surface area contributed by atoms with E-state index in [0.717, 1.165) is 92.4 Å². The van der Waals surface area contributed by atoms with Crippen molar-refractivity contribution in [2.75, 3.05) is 21.3 Å². The number of para-hydroxylation sites is 1. The number of benzene rings is 4. The SMILES string of the molecule is C1CCC1.C=CC(=O)Oc1ccc(OC(=C)C2CCC(C=O)CC2)cc1.C=CC(=O)Oc1ccc(OC)cc1.CCCC(C)c1ccccc1N=C(C)[C@H](C)CC.CN=Cc1cc(OC(=O)C2CCC(C=O)CC2)ccc1OC. The second kappa shape index (κ2) is 37.4. The fraction of sp³-hybridized carbons (Fsp3) is 0.439. The van der Waals surface area contributed by atoms with Gasteiger partial charge < -0.3 is 38.0 Å². The third-order valence-electron chi connectivity index (χ3n) is 14.1. The number of aldehydes is 2. The van der Waals surface area contributed by atoms with Gasteiger partial charge in [0, 0.05) is 54.4 Å². The summed E-state index contributed by atoms with van der Waals surface area (Å²) in [6.45, 7) is 21.8. The van der Waals surface area contributed by atoms with Gasteiger partial charge in [-0.1, -0.05) is 97.7 Å². The zero-order chi connectivity index (χ0) is 58.0. The van der Waals surface area contributed by atoms with Gasteiger partial charge in [0.1, 0.15) is 47.1 Å². The summed E-state index contributed by atoms with van der Waals surface area (Å²) >= 11 is 0. The third-order valence-corrected chi connectivity index (χ3v) is 14.1. The maximum atomic E-state index is 12.2. The molecule has 13 heteroatoms. The van der Waals surface area contributed by atoms with Crippen LogP contribution in [0.4, 0.5) is 5.69 Å². The predicted molar refractivity (Wildman–Crippen MR) is 316 cm³/mol. The Labute approximate surface area is 470 Å². The molecule has 7 rings (SSSR count). The van der Waals surface area contributed by atoms with Crippen LogP contribution in [0.15, 0.2) is 139 Å². The van der Waals surface area contributed by atoms with E-state index in [9.17, 15) is 24.0 Å². The van der Waals surface area contributed by atoms with Crippen molar-refractivity contribution in [2.45, 2.75) is 137 Å². The number of methoxy groups -OCH3 is 2. The molecule has 0 amide bonds. The monoisotopic (exact) mass is 1080 g/mol. The number of carbonyl (C=O) groups is 5. The van der Waals surface area contributed by atoms with Gasteiger partial charge >= 0.3 is 17.9 Å². The standard InChI is InChI=1S/C18H20O4.C17H21NO4.C17H27N.C10H10O3.C4H8/c1-3-18(20)22-17-10-8-16(9-11-17)21-13(2)15-6-4-14(12-19)5-7-15;1-18-10-14-9-15(7-8-16(14)21-2)22-17(20)13-5-3-12(11-19)4-6-13;1-6-10-14(4)16-11-8-9-12-17(16)18-15(5)13(3)7-2;1-3-10(11)13-9-6-4-8(12-2)5-7-9;1-2-4-3-1/h3,8-12,14-15H,1-2,4-7H2;7-13H,3-6H2,1-2H3;8-9,11-14H,6-7,10H2,1-5H3;3-7H,1H2,2H3;1-4H2/t;;13-,14?;;/m..1../s1. The van der Waals surface area contributed by atoms with Crippen LogP contribution < -0.4 is 28.4 Å². The zero-order valence-corrected chi connectivity index (χ0v) is 48.1. The Morgan fingerprint density at radius 3 is 1.56 bits per heavy atom. The Hall–Kier alpha value is -7.41. The summed E-state index contributed by atoms with van der Waals surface area (Å²) < 4.78 is 31.3. The van der Waals surface area contributed by atoms with E-state index in [2.05, 4.69) is 83.6 Å². The van der Waals surface area contributed by atoms with Gasteiger partial charge in [0.25, 0.3) is 0 Å².